The van der Waals surface area contributed by atoms with Gasteiger partial charge in [-0.2, -0.15) is 0 Å². The predicted molar refractivity (Wildman–Crippen MR) is 104 cm³/mol. The number of carbonyl (C=O) groups is 1. The molecule has 2 aromatic rings. The lowest BCUT2D eigenvalue weighted by Crippen LogP contribution is -2.47. The third kappa shape index (κ3) is 5.75. The molecule has 1 atom stereocenters. The van der Waals surface area contributed by atoms with Gasteiger partial charge in [0.15, 0.2) is 0 Å². The Morgan fingerprint density at radius 1 is 1.35 bits per heavy atom. The van der Waals surface area contributed by atoms with Gasteiger partial charge in [-0.05, 0) is 49.2 Å². The number of amides is 1. The Balaban J connectivity index is 1.46. The highest BCUT2D eigenvalue weighted by atomic mass is 32.2. The van der Waals surface area contributed by atoms with Gasteiger partial charge >= 0.3 is 0 Å². The van der Waals surface area contributed by atoms with Crippen molar-refractivity contribution >= 4 is 17.7 Å². The number of rotatable bonds is 7. The van der Waals surface area contributed by atoms with Crippen LogP contribution in [0.25, 0.3) is 0 Å². The summed E-state index contributed by atoms with van der Waals surface area (Å²) in [6, 6.07) is 14.1. The Morgan fingerprint density at radius 3 is 3.08 bits per heavy atom. The molecule has 1 fully saturated rings. The first-order valence-corrected chi connectivity index (χ1v) is 9.90. The minimum Gasteiger partial charge on any atom is -0.497 e. The van der Waals surface area contributed by atoms with Gasteiger partial charge in [0, 0.05) is 25.3 Å². The van der Waals surface area contributed by atoms with Gasteiger partial charge in [-0.25, -0.2) is 4.98 Å². The highest BCUT2D eigenvalue weighted by Crippen LogP contribution is 2.18. The normalized spacial score (nSPS) is 17.7. The van der Waals surface area contributed by atoms with Gasteiger partial charge in [0.1, 0.15) is 5.75 Å². The van der Waals surface area contributed by atoms with Crippen LogP contribution in [0, 0.1) is 0 Å². The van der Waals surface area contributed by atoms with Crippen LogP contribution in [0.1, 0.15) is 18.4 Å². The number of hydrogen-bond acceptors (Lipinski definition) is 5. The number of pyridine rings is 1. The molecule has 0 aliphatic carbocycles. The number of nitrogens with zero attached hydrogens (tertiary/aromatic N) is 2. The van der Waals surface area contributed by atoms with Gasteiger partial charge in [-0.3, -0.25) is 9.69 Å². The molecule has 1 aliphatic heterocycles. The van der Waals surface area contributed by atoms with Crippen molar-refractivity contribution in [1.82, 2.24) is 15.2 Å². The summed E-state index contributed by atoms with van der Waals surface area (Å²) in [6.07, 6.45) is 3.88. The Kier molecular flexibility index (Phi) is 6.91. The van der Waals surface area contributed by atoms with Gasteiger partial charge in [-0.15, -0.1) is 0 Å². The van der Waals surface area contributed by atoms with E-state index in [9.17, 15) is 4.79 Å². The average molecular weight is 372 g/mol. The zero-order chi connectivity index (χ0) is 18.2. The van der Waals surface area contributed by atoms with E-state index in [0.29, 0.717) is 5.75 Å². The van der Waals surface area contributed by atoms with Gasteiger partial charge in [-0.1, -0.05) is 30.0 Å². The van der Waals surface area contributed by atoms with Crippen LogP contribution in [-0.2, 0) is 11.3 Å². The standard InChI is InChI=1S/C20H25N3O2S/c1-25-18-8-4-6-16(12-18)13-23-11-5-7-17(14-23)22-19(24)15-26-20-9-2-3-10-21-20/h2-4,6,8-10,12,17H,5,7,11,13-15H2,1H3,(H,22,24)/t17-/m0/s1. The van der Waals surface area contributed by atoms with Gasteiger partial charge < -0.3 is 10.1 Å². The second kappa shape index (κ2) is 9.59. The molecule has 5 nitrogen and oxygen atoms in total. The fourth-order valence-corrected chi connectivity index (χ4v) is 3.86. The quantitative estimate of drug-likeness (QED) is 0.759. The van der Waals surface area contributed by atoms with Crippen molar-refractivity contribution in [3.63, 3.8) is 0 Å². The number of hydrogen-bond donors (Lipinski definition) is 1. The molecule has 3 rings (SSSR count). The molecule has 26 heavy (non-hydrogen) atoms. The number of ether oxygens (including phenoxy) is 1. The molecule has 1 aromatic heterocycles. The van der Waals surface area contributed by atoms with E-state index in [4.69, 9.17) is 4.74 Å². The number of carbonyl (C=O) groups excluding carboxylic acids is 1. The summed E-state index contributed by atoms with van der Waals surface area (Å²) >= 11 is 1.47. The van der Waals surface area contributed by atoms with Crippen LogP contribution in [0.2, 0.25) is 0 Å². The molecule has 0 unspecified atom stereocenters. The fourth-order valence-electron chi connectivity index (χ4n) is 3.19. The molecule has 6 heteroatoms. The largest absolute Gasteiger partial charge is 0.497 e. The first kappa shape index (κ1) is 18.7. The van der Waals surface area contributed by atoms with Crippen molar-refractivity contribution in [3.8, 4) is 5.75 Å². The Hall–Kier alpha value is -2.05. The fraction of sp³-hybridized carbons (Fsp3) is 0.400. The summed E-state index contributed by atoms with van der Waals surface area (Å²) in [5.74, 6) is 1.37. The SMILES string of the molecule is COc1cccc(CN2CCC[C@H](NC(=O)CSc3ccccn3)C2)c1. The number of thioether (sulfide) groups is 1. The van der Waals surface area contributed by atoms with Crippen molar-refractivity contribution in [2.24, 2.45) is 0 Å². The van der Waals surface area contributed by atoms with Crippen LogP contribution in [0.4, 0.5) is 0 Å². The van der Waals surface area contributed by atoms with Crippen LogP contribution in [0.15, 0.2) is 53.7 Å². The molecule has 138 valence electrons. The molecule has 0 spiro atoms. The monoisotopic (exact) mass is 371 g/mol. The molecule has 1 N–H and O–H groups in total. The maximum atomic E-state index is 12.2. The highest BCUT2D eigenvalue weighted by molar-refractivity contribution is 7.99. The molecular weight excluding hydrogens is 346 g/mol. The van der Waals surface area contributed by atoms with Gasteiger partial charge in [0.05, 0.1) is 17.9 Å². The zero-order valence-electron chi connectivity index (χ0n) is 15.1. The number of methoxy groups -OCH3 is 1. The molecule has 0 saturated carbocycles. The number of aromatic nitrogens is 1. The Morgan fingerprint density at radius 2 is 2.27 bits per heavy atom. The van der Waals surface area contributed by atoms with Crippen molar-refractivity contribution in [3.05, 3.63) is 54.2 Å². The van der Waals surface area contributed by atoms with E-state index in [0.717, 1.165) is 43.3 Å². The van der Waals surface area contributed by atoms with Crippen molar-refractivity contribution in [2.75, 3.05) is 26.0 Å². The van der Waals surface area contributed by atoms with E-state index in [1.165, 1.54) is 17.3 Å². The second-order valence-corrected chi connectivity index (χ2v) is 7.45. The highest BCUT2D eigenvalue weighted by Gasteiger charge is 2.21. The van der Waals surface area contributed by atoms with Gasteiger partial charge in [0.2, 0.25) is 5.91 Å². The van der Waals surface area contributed by atoms with E-state index in [2.05, 4.69) is 27.3 Å². The third-order valence-corrected chi connectivity index (χ3v) is 5.34. The maximum Gasteiger partial charge on any atom is 0.230 e. The number of benzene rings is 1. The topological polar surface area (TPSA) is 54.5 Å². The lowest BCUT2D eigenvalue weighted by atomic mass is 10.0. The minimum atomic E-state index is 0.0777. The zero-order valence-corrected chi connectivity index (χ0v) is 15.9. The summed E-state index contributed by atoms with van der Waals surface area (Å²) in [5, 5.41) is 4.05. The van der Waals surface area contributed by atoms with E-state index in [-0.39, 0.29) is 11.9 Å². The lowest BCUT2D eigenvalue weighted by Gasteiger charge is -2.33. The van der Waals surface area contributed by atoms with Crippen LogP contribution < -0.4 is 10.1 Å². The summed E-state index contributed by atoms with van der Waals surface area (Å²) in [4.78, 5) is 18.9. The first-order chi connectivity index (χ1) is 12.7. The number of nitrogens with one attached hydrogen (secondary N) is 1. The average Bonchev–Trinajstić information content (AvgIpc) is 2.68. The van der Waals surface area contributed by atoms with Crippen LogP contribution in [-0.4, -0.2) is 47.8 Å². The van der Waals surface area contributed by atoms with E-state index in [1.54, 1.807) is 13.3 Å². The molecule has 1 aromatic carbocycles. The van der Waals surface area contributed by atoms with Crippen LogP contribution in [0.3, 0.4) is 0 Å². The molecule has 2 heterocycles. The van der Waals surface area contributed by atoms with Crippen molar-refractivity contribution in [2.45, 2.75) is 30.5 Å². The summed E-state index contributed by atoms with van der Waals surface area (Å²) < 4.78 is 5.30. The number of likely N-dealkylation sites (tertiary alicyclic amines) is 1. The number of piperidine rings is 1. The summed E-state index contributed by atoms with van der Waals surface area (Å²) in [6.45, 7) is 2.83. The van der Waals surface area contributed by atoms with Gasteiger partial charge in [0.25, 0.3) is 0 Å². The molecule has 1 saturated heterocycles. The molecule has 0 radical (unpaired) electrons. The van der Waals surface area contributed by atoms with Crippen LogP contribution >= 0.6 is 11.8 Å². The maximum absolute atomic E-state index is 12.2. The Labute approximate surface area is 159 Å². The van der Waals surface area contributed by atoms with Crippen molar-refractivity contribution < 1.29 is 9.53 Å². The van der Waals surface area contributed by atoms with E-state index in [1.807, 2.05) is 30.3 Å². The third-order valence-electron chi connectivity index (χ3n) is 4.40. The first-order valence-electron chi connectivity index (χ1n) is 8.91. The minimum absolute atomic E-state index is 0.0777. The molecule has 0 bridgehead atoms. The van der Waals surface area contributed by atoms with E-state index < -0.39 is 0 Å². The van der Waals surface area contributed by atoms with Crippen LogP contribution in [0.5, 0.6) is 5.75 Å². The Bertz CT molecular complexity index is 711. The second-order valence-electron chi connectivity index (χ2n) is 6.45. The molecular formula is C20H25N3O2S. The smallest absolute Gasteiger partial charge is 0.230 e. The predicted octanol–water partition coefficient (Wildman–Crippen LogP) is 2.96. The molecule has 1 amide bonds. The van der Waals surface area contributed by atoms with E-state index >= 15 is 0 Å². The summed E-state index contributed by atoms with van der Waals surface area (Å²) in [5.41, 5.74) is 1.24. The summed E-state index contributed by atoms with van der Waals surface area (Å²) in [7, 11) is 1.69. The molecule has 1 aliphatic rings. The lowest BCUT2D eigenvalue weighted by molar-refractivity contribution is -0.119. The van der Waals surface area contributed by atoms with Crippen molar-refractivity contribution in [1.29, 1.82) is 0 Å².